The van der Waals surface area contributed by atoms with E-state index in [2.05, 4.69) is 29.8 Å². The molecule has 1 fully saturated rings. The molecular weight excluding hydrogens is 268 g/mol. The number of benzene rings is 1. The van der Waals surface area contributed by atoms with Crippen LogP contribution in [-0.4, -0.2) is 49.9 Å². The Bertz CT molecular complexity index is 497. The highest BCUT2D eigenvalue weighted by Gasteiger charge is 2.26. The first kappa shape index (κ1) is 15.2. The first-order chi connectivity index (χ1) is 9.71. The van der Waals surface area contributed by atoms with E-state index in [9.17, 15) is 5.26 Å². The third-order valence-electron chi connectivity index (χ3n) is 3.68. The van der Waals surface area contributed by atoms with Crippen LogP contribution in [0.3, 0.4) is 0 Å². The van der Waals surface area contributed by atoms with Crippen molar-refractivity contribution < 1.29 is 0 Å². The van der Waals surface area contributed by atoms with Crippen LogP contribution in [-0.2, 0) is 0 Å². The summed E-state index contributed by atoms with van der Waals surface area (Å²) < 4.78 is 0. The Morgan fingerprint density at radius 3 is 2.90 bits per heavy atom. The maximum Gasteiger partial charge on any atom is 0.103 e. The molecule has 1 aromatic rings. The van der Waals surface area contributed by atoms with E-state index in [1.54, 1.807) is 11.8 Å². The largest absolute Gasteiger partial charge is 0.364 e. The molecule has 0 spiro atoms. The number of nitrogens with zero attached hydrogens (tertiary/aromatic N) is 3. The molecule has 2 N–H and O–H groups in total. The molecule has 108 valence electrons. The minimum atomic E-state index is 0.280. The Morgan fingerprint density at radius 2 is 2.25 bits per heavy atom. The lowest BCUT2D eigenvalue weighted by atomic mass is 10.1. The van der Waals surface area contributed by atoms with Gasteiger partial charge in [0, 0.05) is 31.1 Å². The fourth-order valence-corrected chi connectivity index (χ4v) is 3.46. The molecule has 5 heteroatoms. The lowest BCUT2D eigenvalue weighted by Crippen LogP contribution is -2.55. The average Bonchev–Trinajstić information content (AvgIpc) is 2.47. The summed E-state index contributed by atoms with van der Waals surface area (Å²) in [5.74, 6) is 0.973. The van der Waals surface area contributed by atoms with Gasteiger partial charge in [-0.1, -0.05) is 13.0 Å². The van der Waals surface area contributed by atoms with E-state index in [-0.39, 0.29) is 6.04 Å². The normalized spacial score (nSPS) is 19.9. The Morgan fingerprint density at radius 1 is 1.45 bits per heavy atom. The highest BCUT2D eigenvalue weighted by atomic mass is 32.2. The average molecular weight is 290 g/mol. The van der Waals surface area contributed by atoms with Gasteiger partial charge in [0.2, 0.25) is 0 Å². The van der Waals surface area contributed by atoms with E-state index in [0.29, 0.717) is 6.54 Å². The molecular formula is C15H22N4S. The molecule has 0 bridgehead atoms. The number of rotatable bonds is 4. The van der Waals surface area contributed by atoms with Gasteiger partial charge in [-0.2, -0.15) is 5.26 Å². The van der Waals surface area contributed by atoms with E-state index in [1.807, 2.05) is 18.2 Å². The second-order valence-electron chi connectivity index (χ2n) is 5.04. The minimum absolute atomic E-state index is 0.280. The molecule has 1 atom stereocenters. The maximum atomic E-state index is 9.54. The van der Waals surface area contributed by atoms with Crippen LogP contribution in [0.2, 0.25) is 0 Å². The van der Waals surface area contributed by atoms with Crippen LogP contribution in [0.5, 0.6) is 0 Å². The van der Waals surface area contributed by atoms with Crippen molar-refractivity contribution in [1.82, 2.24) is 4.90 Å². The number of nitriles is 1. The molecule has 0 radical (unpaired) electrons. The smallest absolute Gasteiger partial charge is 0.103 e. The summed E-state index contributed by atoms with van der Waals surface area (Å²) >= 11 is 1.72. The van der Waals surface area contributed by atoms with Crippen molar-refractivity contribution in [2.24, 2.45) is 5.73 Å². The van der Waals surface area contributed by atoms with Gasteiger partial charge >= 0.3 is 0 Å². The van der Waals surface area contributed by atoms with Crippen LogP contribution < -0.4 is 10.6 Å². The highest BCUT2D eigenvalue weighted by Crippen LogP contribution is 2.31. The van der Waals surface area contributed by atoms with Crippen molar-refractivity contribution in [3.05, 3.63) is 23.8 Å². The zero-order valence-corrected chi connectivity index (χ0v) is 13.0. The first-order valence-electron chi connectivity index (χ1n) is 7.02. The summed E-state index contributed by atoms with van der Waals surface area (Å²) in [4.78, 5) is 5.67. The summed E-state index contributed by atoms with van der Waals surface area (Å²) in [7, 11) is 2.12. The molecule has 0 aliphatic carbocycles. The van der Waals surface area contributed by atoms with Crippen LogP contribution in [0, 0.1) is 11.3 Å². The molecule has 1 aliphatic heterocycles. The van der Waals surface area contributed by atoms with Crippen molar-refractivity contribution in [2.45, 2.75) is 17.9 Å². The number of hydrogen-bond donors (Lipinski definition) is 1. The van der Waals surface area contributed by atoms with Crippen LogP contribution >= 0.6 is 11.8 Å². The van der Waals surface area contributed by atoms with E-state index in [4.69, 9.17) is 5.73 Å². The molecule has 1 unspecified atom stereocenters. The molecule has 0 aromatic heterocycles. The van der Waals surface area contributed by atoms with Crippen molar-refractivity contribution in [3.8, 4) is 6.07 Å². The van der Waals surface area contributed by atoms with Gasteiger partial charge in [0.25, 0.3) is 0 Å². The van der Waals surface area contributed by atoms with Gasteiger partial charge in [0.1, 0.15) is 6.07 Å². The molecule has 1 aliphatic rings. The van der Waals surface area contributed by atoms with E-state index in [1.165, 1.54) is 0 Å². The standard InChI is InChI=1S/C15H22N4S/c1-3-20-15-6-4-5-14(13(15)10-17)19-8-7-18(2)11-12(19)9-16/h4-6,12H,3,7-9,11,16H2,1-2H3. The Hall–Kier alpha value is -1.22. The van der Waals surface area contributed by atoms with E-state index < -0.39 is 0 Å². The molecule has 1 saturated heterocycles. The lowest BCUT2D eigenvalue weighted by Gasteiger charge is -2.41. The van der Waals surface area contributed by atoms with Crippen LogP contribution in [0.25, 0.3) is 0 Å². The van der Waals surface area contributed by atoms with Gasteiger partial charge in [-0.25, -0.2) is 0 Å². The van der Waals surface area contributed by atoms with Crippen LogP contribution in [0.4, 0.5) is 5.69 Å². The molecule has 2 rings (SSSR count). The summed E-state index contributed by atoms with van der Waals surface area (Å²) in [5, 5.41) is 9.54. The molecule has 0 saturated carbocycles. The van der Waals surface area contributed by atoms with Gasteiger partial charge in [-0.05, 0) is 24.9 Å². The Balaban J connectivity index is 2.36. The maximum absolute atomic E-state index is 9.54. The topological polar surface area (TPSA) is 56.3 Å². The Labute approximate surface area is 125 Å². The fourth-order valence-electron chi connectivity index (χ4n) is 2.68. The molecule has 0 amide bonds. The van der Waals surface area contributed by atoms with Crippen molar-refractivity contribution in [1.29, 1.82) is 5.26 Å². The monoisotopic (exact) mass is 290 g/mol. The summed E-state index contributed by atoms with van der Waals surface area (Å²) in [6, 6.07) is 8.79. The number of nitrogens with two attached hydrogens (primary N) is 1. The molecule has 4 nitrogen and oxygen atoms in total. The Kier molecular flexibility index (Phi) is 5.30. The van der Waals surface area contributed by atoms with E-state index in [0.717, 1.165) is 41.5 Å². The van der Waals surface area contributed by atoms with Crippen molar-refractivity contribution in [2.75, 3.05) is 43.9 Å². The van der Waals surface area contributed by atoms with Gasteiger partial charge < -0.3 is 15.5 Å². The lowest BCUT2D eigenvalue weighted by molar-refractivity contribution is 0.269. The third-order valence-corrected chi connectivity index (χ3v) is 4.62. The van der Waals surface area contributed by atoms with Crippen LogP contribution in [0.1, 0.15) is 12.5 Å². The van der Waals surface area contributed by atoms with E-state index >= 15 is 0 Å². The summed E-state index contributed by atoms with van der Waals surface area (Å²) in [6.07, 6.45) is 0. The number of piperazine rings is 1. The second-order valence-corrected chi connectivity index (χ2v) is 6.35. The highest BCUT2D eigenvalue weighted by molar-refractivity contribution is 7.99. The predicted molar refractivity (Wildman–Crippen MR) is 85.2 cm³/mol. The van der Waals surface area contributed by atoms with Crippen LogP contribution in [0.15, 0.2) is 23.1 Å². The number of hydrogen-bond acceptors (Lipinski definition) is 5. The fraction of sp³-hybridized carbons (Fsp3) is 0.533. The quantitative estimate of drug-likeness (QED) is 0.856. The summed E-state index contributed by atoms with van der Waals surface area (Å²) in [5.41, 5.74) is 7.76. The number of likely N-dealkylation sites (N-methyl/N-ethyl adjacent to an activating group) is 1. The van der Waals surface area contributed by atoms with Crippen molar-refractivity contribution >= 4 is 17.4 Å². The number of anilines is 1. The third kappa shape index (κ3) is 3.09. The first-order valence-corrected chi connectivity index (χ1v) is 8.01. The summed E-state index contributed by atoms with van der Waals surface area (Å²) in [6.45, 7) is 5.60. The second kappa shape index (κ2) is 6.98. The predicted octanol–water partition coefficient (Wildman–Crippen LogP) is 1.75. The minimum Gasteiger partial charge on any atom is -0.364 e. The molecule has 1 aromatic carbocycles. The number of thioether (sulfide) groups is 1. The zero-order chi connectivity index (χ0) is 14.5. The van der Waals surface area contributed by atoms with Gasteiger partial charge in [-0.3, -0.25) is 0 Å². The molecule has 1 heterocycles. The van der Waals surface area contributed by atoms with Gasteiger partial charge in [-0.15, -0.1) is 11.8 Å². The SMILES string of the molecule is CCSc1cccc(N2CCN(C)CC2CN)c1C#N. The molecule has 20 heavy (non-hydrogen) atoms. The van der Waals surface area contributed by atoms with Gasteiger partial charge in [0.15, 0.2) is 0 Å². The zero-order valence-electron chi connectivity index (χ0n) is 12.2. The van der Waals surface area contributed by atoms with Gasteiger partial charge in [0.05, 0.1) is 17.3 Å². The van der Waals surface area contributed by atoms with Crippen molar-refractivity contribution in [3.63, 3.8) is 0 Å².